The predicted octanol–water partition coefficient (Wildman–Crippen LogP) is 3.66. The molecule has 3 rings (SSSR count). The second kappa shape index (κ2) is 7.88. The Labute approximate surface area is 145 Å². The summed E-state index contributed by atoms with van der Waals surface area (Å²) in [6.45, 7) is 0.617. The lowest BCUT2D eigenvalue weighted by atomic mass is 10.2. The number of ether oxygens (including phenoxy) is 2. The number of nitrogens with zero attached hydrogens (tertiary/aromatic N) is 3. The van der Waals surface area contributed by atoms with Crippen molar-refractivity contribution >= 4 is 11.8 Å². The molecule has 0 aliphatic carbocycles. The lowest BCUT2D eigenvalue weighted by Gasteiger charge is -2.08. The summed E-state index contributed by atoms with van der Waals surface area (Å²) in [5, 5.41) is 9.43. The molecule has 0 N–H and O–H groups in total. The summed E-state index contributed by atoms with van der Waals surface area (Å²) < 4.78 is 13.1. The Balaban J connectivity index is 1.63. The van der Waals surface area contributed by atoms with Crippen molar-refractivity contribution in [2.75, 3.05) is 19.5 Å². The molecule has 0 atom stereocenters. The van der Waals surface area contributed by atoms with E-state index in [2.05, 4.69) is 10.2 Å². The summed E-state index contributed by atoms with van der Waals surface area (Å²) in [7, 11) is 3.62. The maximum absolute atomic E-state index is 5.70. The van der Waals surface area contributed by atoms with Gasteiger partial charge in [0.25, 0.3) is 0 Å². The Kier molecular flexibility index (Phi) is 5.38. The number of methoxy groups -OCH3 is 1. The summed E-state index contributed by atoms with van der Waals surface area (Å²) >= 11 is 1.62. The van der Waals surface area contributed by atoms with Crippen LogP contribution in [0.25, 0.3) is 11.4 Å². The zero-order chi connectivity index (χ0) is 16.8. The average Bonchev–Trinajstić information content (AvgIpc) is 3.00. The number of thioether (sulfide) groups is 1. The third-order valence-corrected chi connectivity index (χ3v) is 4.49. The van der Waals surface area contributed by atoms with Gasteiger partial charge in [-0.15, -0.1) is 10.2 Å². The fraction of sp³-hybridized carbons (Fsp3) is 0.222. The van der Waals surface area contributed by atoms with Crippen LogP contribution in [-0.2, 0) is 7.05 Å². The minimum Gasteiger partial charge on any atom is -0.496 e. The Morgan fingerprint density at radius 3 is 2.54 bits per heavy atom. The molecular formula is C18H19N3O2S. The second-order valence-electron chi connectivity index (χ2n) is 5.08. The van der Waals surface area contributed by atoms with E-state index in [0.29, 0.717) is 6.61 Å². The molecule has 1 aromatic heterocycles. The van der Waals surface area contributed by atoms with Crippen LogP contribution in [0.4, 0.5) is 0 Å². The molecule has 24 heavy (non-hydrogen) atoms. The lowest BCUT2D eigenvalue weighted by molar-refractivity contribution is 0.344. The van der Waals surface area contributed by atoms with Gasteiger partial charge in [-0.3, -0.25) is 0 Å². The van der Waals surface area contributed by atoms with E-state index in [1.165, 1.54) is 0 Å². The predicted molar refractivity (Wildman–Crippen MR) is 95.7 cm³/mol. The zero-order valence-corrected chi connectivity index (χ0v) is 14.5. The summed E-state index contributed by atoms with van der Waals surface area (Å²) in [5.74, 6) is 3.26. The fourth-order valence-corrected chi connectivity index (χ4v) is 3.04. The van der Waals surface area contributed by atoms with Gasteiger partial charge in [0, 0.05) is 12.8 Å². The first kappa shape index (κ1) is 16.4. The van der Waals surface area contributed by atoms with Crippen molar-refractivity contribution < 1.29 is 9.47 Å². The van der Waals surface area contributed by atoms with Crippen LogP contribution in [0, 0.1) is 0 Å². The van der Waals surface area contributed by atoms with Crippen molar-refractivity contribution in [1.82, 2.24) is 14.8 Å². The van der Waals surface area contributed by atoms with Crippen LogP contribution in [0.3, 0.4) is 0 Å². The second-order valence-corrected chi connectivity index (χ2v) is 6.14. The van der Waals surface area contributed by atoms with Gasteiger partial charge in [-0.25, -0.2) is 0 Å². The third-order valence-electron chi connectivity index (χ3n) is 3.51. The van der Waals surface area contributed by atoms with Crippen molar-refractivity contribution in [3.8, 4) is 22.9 Å². The first-order valence-corrected chi connectivity index (χ1v) is 8.61. The Morgan fingerprint density at radius 1 is 1.00 bits per heavy atom. The molecule has 0 amide bonds. The molecule has 0 fully saturated rings. The van der Waals surface area contributed by atoms with Crippen LogP contribution in [0.1, 0.15) is 0 Å². The highest BCUT2D eigenvalue weighted by molar-refractivity contribution is 7.99. The van der Waals surface area contributed by atoms with Crippen LogP contribution >= 0.6 is 11.8 Å². The molecule has 0 aliphatic rings. The van der Waals surface area contributed by atoms with Crippen LogP contribution in [-0.4, -0.2) is 34.2 Å². The summed E-state index contributed by atoms with van der Waals surface area (Å²) in [6, 6.07) is 17.6. The molecule has 0 radical (unpaired) electrons. The van der Waals surface area contributed by atoms with Gasteiger partial charge in [-0.2, -0.15) is 0 Å². The summed E-state index contributed by atoms with van der Waals surface area (Å²) in [5.41, 5.74) is 0.933. The Hall–Kier alpha value is -2.47. The summed E-state index contributed by atoms with van der Waals surface area (Å²) in [4.78, 5) is 0. The van der Waals surface area contributed by atoms with Crippen LogP contribution < -0.4 is 9.47 Å². The molecule has 3 aromatic rings. The van der Waals surface area contributed by atoms with E-state index in [1.807, 2.05) is 66.2 Å². The highest BCUT2D eigenvalue weighted by Gasteiger charge is 2.14. The van der Waals surface area contributed by atoms with Crippen molar-refractivity contribution in [2.24, 2.45) is 7.05 Å². The number of hydrogen-bond donors (Lipinski definition) is 0. The monoisotopic (exact) mass is 341 g/mol. The van der Waals surface area contributed by atoms with Crippen LogP contribution in [0.2, 0.25) is 0 Å². The molecular weight excluding hydrogens is 322 g/mol. The normalized spacial score (nSPS) is 10.6. The number of benzene rings is 2. The number of aromatic nitrogens is 3. The molecule has 0 aliphatic heterocycles. The Morgan fingerprint density at radius 2 is 1.75 bits per heavy atom. The molecule has 0 saturated carbocycles. The van der Waals surface area contributed by atoms with Gasteiger partial charge in [-0.05, 0) is 24.3 Å². The van der Waals surface area contributed by atoms with E-state index in [0.717, 1.165) is 33.8 Å². The standard InChI is InChI=1S/C18H19N3O2S/c1-21-17(15-10-6-7-11-16(15)22-2)19-20-18(21)24-13-12-23-14-8-4-3-5-9-14/h3-11H,12-13H2,1-2H3. The largest absolute Gasteiger partial charge is 0.496 e. The molecule has 0 saturated heterocycles. The van der Waals surface area contributed by atoms with Gasteiger partial charge in [-0.1, -0.05) is 42.1 Å². The van der Waals surface area contributed by atoms with E-state index in [9.17, 15) is 0 Å². The van der Waals surface area contributed by atoms with Crippen molar-refractivity contribution in [3.63, 3.8) is 0 Å². The number of hydrogen-bond acceptors (Lipinski definition) is 5. The minimum absolute atomic E-state index is 0.617. The molecule has 6 heteroatoms. The molecule has 2 aromatic carbocycles. The SMILES string of the molecule is COc1ccccc1-c1nnc(SCCOc2ccccc2)n1C. The lowest BCUT2D eigenvalue weighted by Crippen LogP contribution is -2.02. The van der Waals surface area contributed by atoms with Gasteiger partial charge in [0.05, 0.1) is 19.3 Å². The van der Waals surface area contributed by atoms with E-state index in [4.69, 9.17) is 9.47 Å². The van der Waals surface area contributed by atoms with E-state index in [-0.39, 0.29) is 0 Å². The first-order chi connectivity index (χ1) is 11.8. The quantitative estimate of drug-likeness (QED) is 0.485. The van der Waals surface area contributed by atoms with Crippen molar-refractivity contribution in [3.05, 3.63) is 54.6 Å². The van der Waals surface area contributed by atoms with Crippen LogP contribution in [0.5, 0.6) is 11.5 Å². The average molecular weight is 341 g/mol. The van der Waals surface area contributed by atoms with Gasteiger partial charge >= 0.3 is 0 Å². The highest BCUT2D eigenvalue weighted by atomic mass is 32.2. The molecule has 0 spiro atoms. The van der Waals surface area contributed by atoms with Gasteiger partial charge in [0.2, 0.25) is 0 Å². The summed E-state index contributed by atoms with van der Waals surface area (Å²) in [6.07, 6.45) is 0. The fourth-order valence-electron chi connectivity index (χ4n) is 2.31. The molecule has 0 bridgehead atoms. The van der Waals surface area contributed by atoms with Gasteiger partial charge < -0.3 is 14.0 Å². The maximum Gasteiger partial charge on any atom is 0.191 e. The topological polar surface area (TPSA) is 49.2 Å². The minimum atomic E-state index is 0.617. The van der Waals surface area contributed by atoms with Crippen molar-refractivity contribution in [1.29, 1.82) is 0 Å². The van der Waals surface area contributed by atoms with E-state index >= 15 is 0 Å². The number of rotatable bonds is 7. The maximum atomic E-state index is 5.70. The third kappa shape index (κ3) is 3.71. The molecule has 5 nitrogen and oxygen atoms in total. The highest BCUT2D eigenvalue weighted by Crippen LogP contribution is 2.29. The van der Waals surface area contributed by atoms with E-state index in [1.54, 1.807) is 18.9 Å². The van der Waals surface area contributed by atoms with Gasteiger partial charge in [0.15, 0.2) is 11.0 Å². The molecule has 0 unspecified atom stereocenters. The number of para-hydroxylation sites is 2. The molecule has 1 heterocycles. The first-order valence-electron chi connectivity index (χ1n) is 7.63. The van der Waals surface area contributed by atoms with Crippen molar-refractivity contribution in [2.45, 2.75) is 5.16 Å². The Bertz CT molecular complexity index is 790. The zero-order valence-electron chi connectivity index (χ0n) is 13.7. The molecule has 124 valence electrons. The van der Waals surface area contributed by atoms with Gasteiger partial charge in [0.1, 0.15) is 11.5 Å². The van der Waals surface area contributed by atoms with Crippen LogP contribution in [0.15, 0.2) is 59.8 Å². The smallest absolute Gasteiger partial charge is 0.191 e. The van der Waals surface area contributed by atoms with E-state index < -0.39 is 0 Å².